The van der Waals surface area contributed by atoms with Crippen molar-refractivity contribution < 1.29 is 76.0 Å². The van der Waals surface area contributed by atoms with Gasteiger partial charge in [-0.15, -0.1) is 0 Å². The third-order valence-corrected chi connectivity index (χ3v) is 9.29. The summed E-state index contributed by atoms with van der Waals surface area (Å²) in [5, 5.41) is 0. The summed E-state index contributed by atoms with van der Waals surface area (Å²) in [7, 11) is -8.95. The molecule has 0 aliphatic heterocycles. The van der Waals surface area contributed by atoms with Gasteiger partial charge >= 0.3 is 41.5 Å². The summed E-state index contributed by atoms with van der Waals surface area (Å²) in [4.78, 5) is 24.1. The van der Waals surface area contributed by atoms with Crippen LogP contribution in [-0.2, 0) is 39.3 Å². The molecule has 2 N–H and O–H groups in total. The first kappa shape index (κ1) is 34.9. The predicted octanol–water partition coefficient (Wildman–Crippen LogP) is 0.423. The maximum atomic E-state index is 12.0. The molecular formula is C20H39NaO10S2. The van der Waals surface area contributed by atoms with Crippen LogP contribution in [0.15, 0.2) is 0 Å². The van der Waals surface area contributed by atoms with Gasteiger partial charge in [0, 0.05) is 0 Å². The second-order valence-electron chi connectivity index (χ2n) is 8.05. The van der Waals surface area contributed by atoms with E-state index < -0.39 is 67.7 Å². The van der Waals surface area contributed by atoms with E-state index in [-0.39, 0.29) is 56.7 Å². The molecule has 0 amide bonds. The molecule has 0 aromatic carbocycles. The van der Waals surface area contributed by atoms with Gasteiger partial charge in [0.15, 0.2) is 0 Å². The number of ether oxygens (including phenoxy) is 2. The SMILES string of the molecule is CCCCC(CC)(COC(=O)CCC(=O)OCC(CC)(CCCC)S(=O)(=O)O)S(=O)(=O)O.[H-].[Na+]. The zero-order valence-electron chi connectivity index (χ0n) is 21.5. The Morgan fingerprint density at radius 2 is 1.03 bits per heavy atom. The minimum atomic E-state index is -4.47. The van der Waals surface area contributed by atoms with Crippen molar-refractivity contribution in [3.05, 3.63) is 0 Å². The van der Waals surface area contributed by atoms with Gasteiger partial charge < -0.3 is 10.9 Å². The van der Waals surface area contributed by atoms with E-state index >= 15 is 0 Å². The van der Waals surface area contributed by atoms with Crippen LogP contribution >= 0.6 is 0 Å². The van der Waals surface area contributed by atoms with Gasteiger partial charge in [-0.2, -0.15) is 16.8 Å². The number of carbonyl (C=O) groups is 2. The van der Waals surface area contributed by atoms with E-state index in [4.69, 9.17) is 9.47 Å². The molecule has 0 rings (SSSR count). The zero-order valence-corrected chi connectivity index (χ0v) is 24.1. The molecule has 0 bridgehead atoms. The van der Waals surface area contributed by atoms with Gasteiger partial charge in [0.2, 0.25) is 0 Å². The van der Waals surface area contributed by atoms with Gasteiger partial charge in [-0.3, -0.25) is 18.7 Å². The quantitative estimate of drug-likeness (QED) is 0.154. The monoisotopic (exact) mass is 526 g/mol. The van der Waals surface area contributed by atoms with Crippen LogP contribution < -0.4 is 29.6 Å². The maximum absolute atomic E-state index is 12.0. The third-order valence-electron chi connectivity index (χ3n) is 5.88. The van der Waals surface area contributed by atoms with E-state index in [1.165, 1.54) is 0 Å². The molecule has 0 saturated carbocycles. The number of rotatable bonds is 17. The molecule has 0 heterocycles. The first-order valence-corrected chi connectivity index (χ1v) is 13.9. The van der Waals surface area contributed by atoms with Crippen molar-refractivity contribution in [1.29, 1.82) is 0 Å². The molecule has 0 radical (unpaired) electrons. The average molecular weight is 527 g/mol. The van der Waals surface area contributed by atoms with E-state index in [1.807, 2.05) is 13.8 Å². The number of esters is 2. The van der Waals surface area contributed by atoms with E-state index in [9.17, 15) is 35.5 Å². The van der Waals surface area contributed by atoms with Crippen LogP contribution in [0.1, 0.15) is 93.3 Å². The topological polar surface area (TPSA) is 161 Å². The van der Waals surface area contributed by atoms with Gasteiger partial charge in [-0.05, 0) is 25.7 Å². The van der Waals surface area contributed by atoms with Gasteiger partial charge in [-0.1, -0.05) is 53.4 Å². The van der Waals surface area contributed by atoms with E-state index in [0.29, 0.717) is 25.7 Å². The summed E-state index contributed by atoms with van der Waals surface area (Å²) in [6.07, 6.45) is 1.96. The van der Waals surface area contributed by atoms with Crippen LogP contribution in [0.4, 0.5) is 0 Å². The molecular weight excluding hydrogens is 487 g/mol. The van der Waals surface area contributed by atoms with Crippen molar-refractivity contribution in [2.45, 2.75) is 101 Å². The molecule has 0 saturated heterocycles. The Hall–Kier alpha value is -0.240. The molecule has 0 aliphatic carbocycles. The minimum Gasteiger partial charge on any atom is -1.00 e. The van der Waals surface area contributed by atoms with Crippen molar-refractivity contribution in [3.8, 4) is 0 Å². The van der Waals surface area contributed by atoms with Crippen LogP contribution in [0.3, 0.4) is 0 Å². The molecule has 33 heavy (non-hydrogen) atoms. The fraction of sp³-hybridized carbons (Fsp3) is 0.900. The van der Waals surface area contributed by atoms with Crippen LogP contribution in [0, 0.1) is 0 Å². The Morgan fingerprint density at radius 3 is 1.24 bits per heavy atom. The summed E-state index contributed by atoms with van der Waals surface area (Å²) in [5.74, 6) is -1.69. The molecule has 0 spiro atoms. The Bertz CT molecular complexity index is 751. The number of carbonyl (C=O) groups excluding carboxylic acids is 2. The number of hydrogen-bond donors (Lipinski definition) is 2. The largest absolute Gasteiger partial charge is 1.00 e. The molecule has 0 aromatic heterocycles. The Balaban J connectivity index is -0.00000480. The average Bonchev–Trinajstić information content (AvgIpc) is 2.71. The Morgan fingerprint density at radius 1 is 0.727 bits per heavy atom. The zero-order chi connectivity index (χ0) is 25.1. The van der Waals surface area contributed by atoms with E-state index in [0.717, 1.165) is 0 Å². The fourth-order valence-corrected chi connectivity index (χ4v) is 5.19. The molecule has 0 aromatic rings. The van der Waals surface area contributed by atoms with Crippen LogP contribution in [0.25, 0.3) is 0 Å². The van der Waals surface area contributed by atoms with Gasteiger partial charge in [0.1, 0.15) is 22.7 Å². The summed E-state index contributed by atoms with van der Waals surface area (Å²) in [5.41, 5.74) is 0. The summed E-state index contributed by atoms with van der Waals surface area (Å²) < 4.78 is 73.5. The Labute approximate surface area is 221 Å². The fourth-order valence-electron chi connectivity index (χ4n) is 3.24. The van der Waals surface area contributed by atoms with Crippen LogP contribution in [0.2, 0.25) is 0 Å². The first-order chi connectivity index (χ1) is 14.7. The second-order valence-corrected chi connectivity index (χ2v) is 11.7. The first-order valence-electron chi connectivity index (χ1n) is 11.0. The smallest absolute Gasteiger partial charge is 1.00 e. The standard InChI is InChI=1S/C20H38O10S2.Na.H/c1-5-9-13-19(7-3,31(23,24)25)15-29-17(21)11-12-18(22)30-16-20(8-4,14-10-6-2)32(26,27)28;;/h5-16H2,1-4H3,(H,23,24,25)(H,26,27,28);;/q;+1;-1. The van der Waals surface area contributed by atoms with Gasteiger partial charge in [0.25, 0.3) is 20.2 Å². The van der Waals surface area contributed by atoms with Crippen LogP contribution in [0.5, 0.6) is 0 Å². The van der Waals surface area contributed by atoms with Gasteiger partial charge in [-0.25, -0.2) is 0 Å². The molecule has 0 aliphatic rings. The normalized spacial score (nSPS) is 15.6. The summed E-state index contributed by atoms with van der Waals surface area (Å²) >= 11 is 0. The second kappa shape index (κ2) is 15.7. The van der Waals surface area contributed by atoms with Crippen molar-refractivity contribution in [3.63, 3.8) is 0 Å². The molecule has 2 unspecified atom stereocenters. The Kier molecular flexibility index (Phi) is 16.6. The van der Waals surface area contributed by atoms with Crippen molar-refractivity contribution in [2.24, 2.45) is 0 Å². The predicted molar refractivity (Wildman–Crippen MR) is 120 cm³/mol. The minimum absolute atomic E-state index is 0. The third kappa shape index (κ3) is 10.9. The summed E-state index contributed by atoms with van der Waals surface area (Å²) in [6.45, 7) is 5.80. The molecule has 13 heteroatoms. The van der Waals surface area contributed by atoms with Gasteiger partial charge in [0.05, 0.1) is 12.8 Å². The van der Waals surface area contributed by atoms with Crippen molar-refractivity contribution >= 4 is 32.2 Å². The van der Waals surface area contributed by atoms with Crippen molar-refractivity contribution in [1.82, 2.24) is 0 Å². The maximum Gasteiger partial charge on any atom is 1.00 e. The van der Waals surface area contributed by atoms with E-state index in [1.54, 1.807) is 13.8 Å². The van der Waals surface area contributed by atoms with Crippen molar-refractivity contribution in [2.75, 3.05) is 13.2 Å². The molecule has 192 valence electrons. The summed E-state index contributed by atoms with van der Waals surface area (Å²) in [6, 6.07) is 0. The molecule has 0 fully saturated rings. The molecule has 2 atom stereocenters. The number of unbranched alkanes of at least 4 members (excludes halogenated alkanes) is 2. The molecule has 10 nitrogen and oxygen atoms in total. The van der Waals surface area contributed by atoms with Crippen LogP contribution in [-0.4, -0.2) is 60.6 Å². The number of hydrogen-bond acceptors (Lipinski definition) is 8. The van der Waals surface area contributed by atoms with E-state index in [2.05, 4.69) is 0 Å².